The lowest BCUT2D eigenvalue weighted by Crippen LogP contribution is -2.47. The van der Waals surface area contributed by atoms with E-state index in [2.05, 4.69) is 9.97 Å². The number of fused-ring (bicyclic) bond motifs is 1. The summed E-state index contributed by atoms with van der Waals surface area (Å²) in [6.07, 6.45) is -12.3. The van der Waals surface area contributed by atoms with E-state index < -0.39 is 54.7 Å². The number of rotatable bonds is 6. The number of aliphatic hydroxyl groups is 5. The Bertz CT molecular complexity index is 825. The first-order valence-electron chi connectivity index (χ1n) is 7.48. The first-order chi connectivity index (χ1) is 12.0. The van der Waals surface area contributed by atoms with Crippen molar-refractivity contribution >= 4 is 11.0 Å². The molecule has 0 saturated carbocycles. The van der Waals surface area contributed by atoms with Gasteiger partial charge in [-0.05, 0) is 18.2 Å². The average molecular weight is 378 g/mol. The van der Waals surface area contributed by atoms with Crippen LogP contribution in [0.15, 0.2) is 23.0 Å². The summed E-state index contributed by atoms with van der Waals surface area (Å²) in [5, 5.41) is 47.2. The van der Waals surface area contributed by atoms with E-state index in [4.69, 9.17) is 5.11 Å². The Hall–Kier alpha value is -2.05. The molecule has 4 atom stereocenters. The lowest BCUT2D eigenvalue weighted by Gasteiger charge is -2.25. The number of aromatic amines is 1. The van der Waals surface area contributed by atoms with Gasteiger partial charge in [0.1, 0.15) is 24.0 Å². The van der Waals surface area contributed by atoms with Crippen molar-refractivity contribution in [3.05, 3.63) is 39.8 Å². The summed E-state index contributed by atoms with van der Waals surface area (Å²) < 4.78 is 38.1. The van der Waals surface area contributed by atoms with Crippen LogP contribution in [0.1, 0.15) is 11.3 Å². The second kappa shape index (κ2) is 7.68. The van der Waals surface area contributed by atoms with E-state index in [0.717, 1.165) is 18.2 Å². The highest BCUT2D eigenvalue weighted by Crippen LogP contribution is 2.30. The van der Waals surface area contributed by atoms with Crippen LogP contribution in [0.3, 0.4) is 0 Å². The molecule has 144 valence electrons. The molecule has 0 aliphatic rings. The molecule has 0 saturated heterocycles. The fourth-order valence-corrected chi connectivity index (χ4v) is 2.32. The molecule has 8 nitrogen and oxygen atoms in total. The molecule has 0 bridgehead atoms. The smallest absolute Gasteiger partial charge is 0.394 e. The Morgan fingerprint density at radius 3 is 2.27 bits per heavy atom. The number of hydrogen-bond acceptors (Lipinski definition) is 7. The van der Waals surface area contributed by atoms with E-state index in [9.17, 15) is 38.4 Å². The number of benzene rings is 1. The van der Waals surface area contributed by atoms with Gasteiger partial charge in [-0.1, -0.05) is 0 Å². The summed E-state index contributed by atoms with van der Waals surface area (Å²) >= 11 is 0. The molecule has 2 rings (SSSR count). The van der Waals surface area contributed by atoms with E-state index >= 15 is 0 Å². The molecule has 1 aromatic carbocycles. The first-order valence-corrected chi connectivity index (χ1v) is 7.48. The van der Waals surface area contributed by atoms with Crippen LogP contribution >= 0.6 is 0 Å². The topological polar surface area (TPSA) is 147 Å². The number of aromatic nitrogens is 2. The van der Waals surface area contributed by atoms with E-state index in [1.54, 1.807) is 0 Å². The standard InChI is InChI=1S/C15H17F3N2O6/c16-15(17,18)6-1-2-7-8(3-6)20-14(26)9(19-7)4-10(22)12(24)13(25)11(23)5-21/h1-3,10-13,21-25H,4-5H2,(H,20,26)/t10-,11-,12-,13?/m1/s1. The molecule has 0 amide bonds. The molecule has 6 N–H and O–H groups in total. The molecule has 0 fully saturated rings. The van der Waals surface area contributed by atoms with E-state index in [-0.39, 0.29) is 16.7 Å². The Balaban J connectivity index is 2.28. The van der Waals surface area contributed by atoms with Crippen LogP contribution in [0.2, 0.25) is 0 Å². The van der Waals surface area contributed by atoms with Crippen LogP contribution < -0.4 is 5.56 Å². The van der Waals surface area contributed by atoms with Gasteiger partial charge >= 0.3 is 6.18 Å². The van der Waals surface area contributed by atoms with Crippen LogP contribution in [0.25, 0.3) is 11.0 Å². The SMILES string of the molecule is O=c1[nH]c2cc(C(F)(F)F)ccc2nc1C[C@@H](O)[C@@H](O)C(O)[C@H](O)CO. The number of halogens is 3. The summed E-state index contributed by atoms with van der Waals surface area (Å²) in [6.45, 7) is -0.860. The maximum absolute atomic E-state index is 12.7. The molecule has 0 radical (unpaired) electrons. The fraction of sp³-hybridized carbons (Fsp3) is 0.467. The van der Waals surface area contributed by atoms with Crippen LogP contribution in [0.5, 0.6) is 0 Å². The molecule has 0 aliphatic heterocycles. The highest BCUT2D eigenvalue weighted by molar-refractivity contribution is 5.75. The molecular weight excluding hydrogens is 361 g/mol. The normalized spacial score (nSPS) is 17.1. The molecule has 11 heteroatoms. The Morgan fingerprint density at radius 1 is 1.08 bits per heavy atom. The molecule has 0 aliphatic carbocycles. The van der Waals surface area contributed by atoms with E-state index in [1.807, 2.05) is 0 Å². The molecule has 1 heterocycles. The maximum atomic E-state index is 12.7. The van der Waals surface area contributed by atoms with Crippen molar-refractivity contribution in [3.8, 4) is 0 Å². The highest BCUT2D eigenvalue weighted by Gasteiger charge is 2.32. The quantitative estimate of drug-likeness (QED) is 0.375. The third-order valence-corrected chi connectivity index (χ3v) is 3.82. The Morgan fingerprint density at radius 2 is 1.69 bits per heavy atom. The zero-order chi connectivity index (χ0) is 19.6. The zero-order valence-electron chi connectivity index (χ0n) is 13.2. The number of nitrogens with one attached hydrogen (secondary N) is 1. The predicted molar refractivity (Wildman–Crippen MR) is 82.2 cm³/mol. The predicted octanol–water partition coefficient (Wildman–Crippen LogP) is -1.08. The second-order valence-electron chi connectivity index (χ2n) is 5.74. The van der Waals surface area contributed by atoms with Crippen molar-refractivity contribution in [1.29, 1.82) is 0 Å². The van der Waals surface area contributed by atoms with Crippen molar-refractivity contribution in [2.45, 2.75) is 37.0 Å². The van der Waals surface area contributed by atoms with Gasteiger partial charge in [0.25, 0.3) is 5.56 Å². The summed E-state index contributed by atoms with van der Waals surface area (Å²) in [6, 6.07) is 2.55. The Kier molecular flexibility index (Phi) is 5.98. The molecule has 26 heavy (non-hydrogen) atoms. The van der Waals surface area contributed by atoms with Gasteiger partial charge in [0.2, 0.25) is 0 Å². The third kappa shape index (κ3) is 4.37. The largest absolute Gasteiger partial charge is 0.416 e. The monoisotopic (exact) mass is 378 g/mol. The summed E-state index contributed by atoms with van der Waals surface area (Å²) in [7, 11) is 0. The van der Waals surface area contributed by atoms with Gasteiger partial charge in [0, 0.05) is 6.42 Å². The van der Waals surface area contributed by atoms with Crippen LogP contribution in [0.4, 0.5) is 13.2 Å². The second-order valence-corrected chi connectivity index (χ2v) is 5.74. The molecule has 1 aromatic heterocycles. The summed E-state index contributed by atoms with van der Waals surface area (Å²) in [4.78, 5) is 18.1. The van der Waals surface area contributed by atoms with Gasteiger partial charge in [-0.25, -0.2) is 4.98 Å². The minimum absolute atomic E-state index is 0.0326. The zero-order valence-corrected chi connectivity index (χ0v) is 13.2. The maximum Gasteiger partial charge on any atom is 0.416 e. The number of hydrogen-bond donors (Lipinski definition) is 6. The van der Waals surface area contributed by atoms with Crippen molar-refractivity contribution < 1.29 is 38.7 Å². The van der Waals surface area contributed by atoms with Gasteiger partial charge in [-0.3, -0.25) is 4.79 Å². The highest BCUT2D eigenvalue weighted by atomic mass is 19.4. The van der Waals surface area contributed by atoms with Gasteiger partial charge < -0.3 is 30.5 Å². The van der Waals surface area contributed by atoms with E-state index in [0.29, 0.717) is 0 Å². The van der Waals surface area contributed by atoms with Gasteiger partial charge in [0.05, 0.1) is 29.3 Å². The average Bonchev–Trinajstić information content (AvgIpc) is 2.58. The molecule has 1 unspecified atom stereocenters. The van der Waals surface area contributed by atoms with Crippen LogP contribution in [-0.2, 0) is 12.6 Å². The summed E-state index contributed by atoms with van der Waals surface area (Å²) in [5.74, 6) is 0. The molecule has 2 aromatic rings. The van der Waals surface area contributed by atoms with Gasteiger partial charge in [0.15, 0.2) is 0 Å². The molecule has 0 spiro atoms. The van der Waals surface area contributed by atoms with Crippen LogP contribution in [-0.4, -0.2) is 66.5 Å². The van der Waals surface area contributed by atoms with Crippen molar-refractivity contribution in [3.63, 3.8) is 0 Å². The van der Waals surface area contributed by atoms with Gasteiger partial charge in [-0.15, -0.1) is 0 Å². The van der Waals surface area contributed by atoms with E-state index in [1.165, 1.54) is 0 Å². The Labute approximate surface area is 144 Å². The number of H-pyrrole nitrogens is 1. The third-order valence-electron chi connectivity index (χ3n) is 3.82. The van der Waals surface area contributed by atoms with Crippen molar-refractivity contribution in [2.75, 3.05) is 6.61 Å². The number of alkyl halides is 3. The fourth-order valence-electron chi connectivity index (χ4n) is 2.32. The molecular formula is C15H17F3N2O6. The van der Waals surface area contributed by atoms with Gasteiger partial charge in [-0.2, -0.15) is 13.2 Å². The van der Waals surface area contributed by atoms with Crippen LogP contribution in [0, 0.1) is 0 Å². The number of nitrogens with zero attached hydrogens (tertiary/aromatic N) is 1. The summed E-state index contributed by atoms with van der Waals surface area (Å²) in [5.41, 5.74) is -2.24. The van der Waals surface area contributed by atoms with Crippen molar-refractivity contribution in [2.24, 2.45) is 0 Å². The van der Waals surface area contributed by atoms with Crippen molar-refractivity contribution in [1.82, 2.24) is 9.97 Å². The first kappa shape index (κ1) is 20.3. The minimum atomic E-state index is -4.59. The lowest BCUT2D eigenvalue weighted by atomic mass is 10.00. The minimum Gasteiger partial charge on any atom is -0.394 e. The number of aliphatic hydroxyl groups excluding tert-OH is 5. The lowest BCUT2D eigenvalue weighted by molar-refractivity contribution is -0.137.